The van der Waals surface area contributed by atoms with Gasteiger partial charge < -0.3 is 15.0 Å². The molecule has 0 radical (unpaired) electrons. The molecular weight excluding hydrogens is 372 g/mol. The molecule has 3 heterocycles. The van der Waals surface area contributed by atoms with Gasteiger partial charge >= 0.3 is 0 Å². The lowest BCUT2D eigenvalue weighted by molar-refractivity contribution is -0.141. The second-order valence-corrected chi connectivity index (χ2v) is 9.93. The molecule has 150 valence electrons. The van der Waals surface area contributed by atoms with E-state index in [1.54, 1.807) is 0 Å². The van der Waals surface area contributed by atoms with E-state index in [0.29, 0.717) is 13.0 Å². The van der Waals surface area contributed by atoms with Crippen LogP contribution in [0.4, 0.5) is 0 Å². The molecule has 6 heteroatoms. The molecule has 1 aliphatic carbocycles. The number of nitrogens with one attached hydrogen (secondary N) is 1. The zero-order valence-electron chi connectivity index (χ0n) is 16.2. The number of carbonyl (C=O) groups is 2. The number of hydrogen-bond donors (Lipinski definition) is 1. The molecule has 3 atom stereocenters. The minimum Gasteiger partial charge on any atom is -0.493 e. The molecule has 1 saturated carbocycles. The first-order valence-electron chi connectivity index (χ1n) is 10.6. The van der Waals surface area contributed by atoms with Gasteiger partial charge in [0, 0.05) is 23.8 Å². The molecule has 2 amide bonds. The summed E-state index contributed by atoms with van der Waals surface area (Å²) in [6, 6.07) is 7.61. The second-order valence-electron chi connectivity index (χ2n) is 8.64. The minimum absolute atomic E-state index is 0.0283. The van der Waals surface area contributed by atoms with Crippen LogP contribution in [-0.4, -0.2) is 40.5 Å². The van der Waals surface area contributed by atoms with Crippen molar-refractivity contribution in [1.82, 2.24) is 10.2 Å². The van der Waals surface area contributed by atoms with Crippen molar-refractivity contribution in [1.29, 1.82) is 0 Å². The maximum absolute atomic E-state index is 13.6. The Kier molecular flexibility index (Phi) is 4.77. The van der Waals surface area contributed by atoms with Gasteiger partial charge in [0.1, 0.15) is 11.8 Å². The number of benzene rings is 1. The Morgan fingerprint density at radius 1 is 1.21 bits per heavy atom. The summed E-state index contributed by atoms with van der Waals surface area (Å²) in [6.45, 7) is 0.610. The molecule has 5 nitrogen and oxygen atoms in total. The highest BCUT2D eigenvalue weighted by molar-refractivity contribution is 7.99. The van der Waals surface area contributed by atoms with E-state index in [1.807, 2.05) is 40.9 Å². The number of thioether (sulfide) groups is 1. The average molecular weight is 401 g/mol. The monoisotopic (exact) mass is 400 g/mol. The molecule has 0 unspecified atom stereocenters. The largest absolute Gasteiger partial charge is 0.493 e. The van der Waals surface area contributed by atoms with Gasteiger partial charge in [-0.05, 0) is 37.5 Å². The molecule has 3 fully saturated rings. The van der Waals surface area contributed by atoms with Crippen molar-refractivity contribution in [3.63, 3.8) is 0 Å². The normalized spacial score (nSPS) is 31.1. The predicted octanol–water partition coefficient (Wildman–Crippen LogP) is 3.64. The second kappa shape index (κ2) is 7.29. The van der Waals surface area contributed by atoms with Crippen LogP contribution in [0, 0.1) is 5.41 Å². The topological polar surface area (TPSA) is 58.6 Å². The number of hydrogen-bond acceptors (Lipinski definition) is 4. The number of carbonyl (C=O) groups excluding carboxylic acids is 2. The molecule has 5 rings (SSSR count). The van der Waals surface area contributed by atoms with Crippen LogP contribution in [0.2, 0.25) is 0 Å². The van der Waals surface area contributed by atoms with Crippen molar-refractivity contribution in [3.8, 4) is 5.75 Å². The van der Waals surface area contributed by atoms with Gasteiger partial charge in [0.05, 0.1) is 18.0 Å². The molecule has 4 aliphatic rings. The van der Waals surface area contributed by atoms with Crippen molar-refractivity contribution >= 4 is 23.6 Å². The molecule has 0 aromatic heterocycles. The van der Waals surface area contributed by atoms with Gasteiger partial charge in [-0.1, -0.05) is 31.0 Å². The van der Waals surface area contributed by atoms with E-state index in [2.05, 4.69) is 5.32 Å². The Morgan fingerprint density at radius 2 is 2.04 bits per heavy atom. The summed E-state index contributed by atoms with van der Waals surface area (Å²) in [4.78, 5) is 28.6. The fourth-order valence-corrected chi connectivity index (χ4v) is 7.17. The van der Waals surface area contributed by atoms with E-state index in [0.717, 1.165) is 49.2 Å². The van der Waals surface area contributed by atoms with Crippen LogP contribution in [0.3, 0.4) is 0 Å². The van der Waals surface area contributed by atoms with Gasteiger partial charge in [-0.3, -0.25) is 9.59 Å². The maximum Gasteiger partial charge on any atom is 0.243 e. The number of fused-ring (bicyclic) bond motifs is 2. The Bertz CT molecular complexity index is 777. The van der Waals surface area contributed by atoms with Crippen LogP contribution in [0.15, 0.2) is 24.3 Å². The number of nitrogens with zero attached hydrogens (tertiary/aromatic N) is 1. The molecule has 1 aromatic rings. The molecular formula is C22H28N2O3S. The van der Waals surface area contributed by atoms with E-state index in [9.17, 15) is 9.59 Å². The Hall–Kier alpha value is -1.69. The van der Waals surface area contributed by atoms with Crippen LogP contribution in [-0.2, 0) is 9.59 Å². The minimum atomic E-state index is -0.312. The van der Waals surface area contributed by atoms with Crippen LogP contribution in [0.1, 0.15) is 63.0 Å². The van der Waals surface area contributed by atoms with Crippen molar-refractivity contribution < 1.29 is 14.3 Å². The maximum atomic E-state index is 13.6. The van der Waals surface area contributed by atoms with Crippen LogP contribution >= 0.6 is 11.8 Å². The number of amides is 2. The number of ether oxygens (including phenoxy) is 1. The predicted molar refractivity (Wildman–Crippen MR) is 109 cm³/mol. The van der Waals surface area contributed by atoms with Gasteiger partial charge in [0.15, 0.2) is 0 Å². The molecule has 3 aliphatic heterocycles. The molecule has 1 spiro atoms. The SMILES string of the molecule is O=C(N[C@@H]1CCOc2ccccc21)[C@H]1N2C(=O)CCCS[C@H]2CC12CCCC2. The van der Waals surface area contributed by atoms with Gasteiger partial charge in [0.2, 0.25) is 11.8 Å². The number of para-hydroxylation sites is 1. The van der Waals surface area contributed by atoms with E-state index >= 15 is 0 Å². The fraction of sp³-hybridized carbons (Fsp3) is 0.636. The van der Waals surface area contributed by atoms with E-state index in [4.69, 9.17) is 4.74 Å². The van der Waals surface area contributed by atoms with E-state index in [-0.39, 0.29) is 34.7 Å². The summed E-state index contributed by atoms with van der Waals surface area (Å²) in [5.41, 5.74) is 1.02. The zero-order chi connectivity index (χ0) is 19.1. The standard InChI is InChI=1S/C22H28N2O3S/c25-18-8-5-13-28-19-14-22(10-3-4-11-22)20(24(18)19)21(26)23-16-9-12-27-17-7-2-1-6-15(16)17/h1-2,6-7,16,19-20H,3-5,8-14H2,(H,23,26)/t16-,19+,20-/m1/s1. The van der Waals surface area contributed by atoms with Gasteiger partial charge in [-0.25, -0.2) is 0 Å². The van der Waals surface area contributed by atoms with Gasteiger partial charge in [-0.15, -0.1) is 11.8 Å². The number of rotatable bonds is 2. The van der Waals surface area contributed by atoms with Crippen molar-refractivity contribution in [2.45, 2.75) is 68.8 Å². The van der Waals surface area contributed by atoms with Crippen molar-refractivity contribution in [2.75, 3.05) is 12.4 Å². The molecule has 1 N–H and O–H groups in total. The van der Waals surface area contributed by atoms with Crippen LogP contribution in [0.25, 0.3) is 0 Å². The Morgan fingerprint density at radius 3 is 2.89 bits per heavy atom. The van der Waals surface area contributed by atoms with Crippen LogP contribution < -0.4 is 10.1 Å². The van der Waals surface area contributed by atoms with Crippen molar-refractivity contribution in [2.24, 2.45) is 5.41 Å². The quantitative estimate of drug-likeness (QED) is 0.823. The summed E-state index contributed by atoms with van der Waals surface area (Å²) >= 11 is 1.88. The molecule has 2 saturated heterocycles. The van der Waals surface area contributed by atoms with Gasteiger partial charge in [-0.2, -0.15) is 0 Å². The lowest BCUT2D eigenvalue weighted by Gasteiger charge is -2.36. The molecule has 0 bridgehead atoms. The highest BCUT2D eigenvalue weighted by Gasteiger charge is 2.58. The van der Waals surface area contributed by atoms with E-state index in [1.165, 1.54) is 12.8 Å². The summed E-state index contributed by atoms with van der Waals surface area (Å²) in [5, 5.41) is 3.49. The third-order valence-corrected chi connectivity index (χ3v) is 8.31. The third kappa shape index (κ3) is 3.00. The summed E-state index contributed by atoms with van der Waals surface area (Å²) in [7, 11) is 0. The van der Waals surface area contributed by atoms with E-state index < -0.39 is 0 Å². The zero-order valence-corrected chi connectivity index (χ0v) is 17.0. The summed E-state index contributed by atoms with van der Waals surface area (Å²) in [5.74, 6) is 2.10. The first kappa shape index (κ1) is 18.3. The summed E-state index contributed by atoms with van der Waals surface area (Å²) < 4.78 is 5.75. The smallest absolute Gasteiger partial charge is 0.243 e. The third-order valence-electron chi connectivity index (χ3n) is 7.01. The lowest BCUT2D eigenvalue weighted by Crippen LogP contribution is -2.53. The molecule has 1 aromatic carbocycles. The van der Waals surface area contributed by atoms with Crippen LogP contribution in [0.5, 0.6) is 5.75 Å². The van der Waals surface area contributed by atoms with Crippen molar-refractivity contribution in [3.05, 3.63) is 29.8 Å². The Labute approximate surface area is 170 Å². The Balaban J connectivity index is 1.44. The lowest BCUT2D eigenvalue weighted by atomic mass is 9.78. The fourth-order valence-electron chi connectivity index (χ4n) is 5.74. The first-order valence-corrected chi connectivity index (χ1v) is 11.7. The average Bonchev–Trinajstić information content (AvgIpc) is 3.25. The molecule has 28 heavy (non-hydrogen) atoms. The van der Waals surface area contributed by atoms with Gasteiger partial charge in [0.25, 0.3) is 0 Å². The highest BCUT2D eigenvalue weighted by atomic mass is 32.2. The first-order chi connectivity index (χ1) is 13.7. The summed E-state index contributed by atoms with van der Waals surface area (Å²) in [6.07, 6.45) is 7.72. The highest BCUT2D eigenvalue weighted by Crippen LogP contribution is 2.55.